The number of aliphatic imine (C=N–C) groups is 2. The van der Waals surface area contributed by atoms with Gasteiger partial charge in [-0.15, -0.1) is 0 Å². The lowest BCUT2D eigenvalue weighted by Gasteiger charge is -2.50. The molecule has 1 atom stereocenters. The summed E-state index contributed by atoms with van der Waals surface area (Å²) in [4.78, 5) is 10.1. The average Bonchev–Trinajstić information content (AvgIpc) is 3.52. The van der Waals surface area contributed by atoms with E-state index < -0.39 is 10.8 Å². The largest absolute Gasteiger partial charge is 0.267 e. The lowest BCUT2D eigenvalue weighted by molar-refractivity contribution is 0.572. The first-order valence-electron chi connectivity index (χ1n) is 19.9. The molecule has 272 valence electrons. The smallest absolute Gasteiger partial charge is 0.154 e. The van der Waals surface area contributed by atoms with Crippen LogP contribution in [0.3, 0.4) is 0 Å². The molecule has 0 heterocycles. The summed E-state index contributed by atoms with van der Waals surface area (Å²) in [6.07, 6.45) is 7.14. The predicted molar refractivity (Wildman–Crippen MR) is 235 cm³/mol. The quantitative estimate of drug-likeness (QED) is 0.0583. The molecule has 6 aromatic carbocycles. The van der Waals surface area contributed by atoms with Crippen LogP contribution < -0.4 is 0 Å². The molecule has 0 aromatic heterocycles. The van der Waals surface area contributed by atoms with E-state index >= 15 is 0 Å². The maximum Gasteiger partial charge on any atom is 0.154 e. The maximum atomic E-state index is 5.20. The van der Waals surface area contributed by atoms with E-state index in [1.54, 1.807) is 0 Å². The van der Waals surface area contributed by atoms with Gasteiger partial charge in [0.25, 0.3) is 0 Å². The van der Waals surface area contributed by atoms with Crippen molar-refractivity contribution in [2.45, 2.75) is 57.8 Å². The Morgan fingerprint density at radius 2 is 1.18 bits per heavy atom. The Morgan fingerprint density at radius 3 is 1.76 bits per heavy atom. The molecular weight excluding hydrogens is 665 g/mol. The van der Waals surface area contributed by atoms with Crippen molar-refractivity contribution < 1.29 is 0 Å². The van der Waals surface area contributed by atoms with Gasteiger partial charge in [-0.2, -0.15) is 0 Å². The van der Waals surface area contributed by atoms with Gasteiger partial charge >= 0.3 is 0 Å². The first-order chi connectivity index (χ1) is 26.9. The molecule has 0 saturated carbocycles. The second-order valence-electron chi connectivity index (χ2n) is 15.2. The zero-order valence-electron chi connectivity index (χ0n) is 32.6. The third-order valence-corrected chi connectivity index (χ3v) is 12.2. The summed E-state index contributed by atoms with van der Waals surface area (Å²) < 4.78 is 0. The summed E-state index contributed by atoms with van der Waals surface area (Å²) in [5.74, 6) is 1.01. The molecule has 0 unspecified atom stereocenters. The molecular formula is C53H50N2. The van der Waals surface area contributed by atoms with Gasteiger partial charge in [-0.05, 0) is 106 Å². The van der Waals surface area contributed by atoms with E-state index in [4.69, 9.17) is 23.1 Å². The number of fused-ring (bicyclic) bond motifs is 10. The third-order valence-electron chi connectivity index (χ3n) is 12.2. The van der Waals surface area contributed by atoms with Gasteiger partial charge in [0, 0.05) is 17.8 Å². The molecule has 0 saturated heterocycles. The molecule has 2 aliphatic carbocycles. The predicted octanol–water partition coefficient (Wildman–Crippen LogP) is 13.2. The van der Waals surface area contributed by atoms with Crippen LogP contribution in [0.5, 0.6) is 0 Å². The van der Waals surface area contributed by atoms with Crippen LogP contribution in [0.1, 0.15) is 85.9 Å². The lowest BCUT2D eigenvalue weighted by atomic mass is 9.51. The fourth-order valence-corrected chi connectivity index (χ4v) is 9.45. The first kappa shape index (κ1) is 36.1. The summed E-state index contributed by atoms with van der Waals surface area (Å²) in [5, 5.41) is 2.42. The molecule has 2 nitrogen and oxygen atoms in total. The van der Waals surface area contributed by atoms with Crippen LogP contribution >= 0.6 is 0 Å². The zero-order chi connectivity index (χ0) is 38.2. The molecule has 0 N–H and O–H groups in total. The van der Waals surface area contributed by atoms with Crippen LogP contribution in [0.4, 0.5) is 0 Å². The molecule has 1 spiro atoms. The van der Waals surface area contributed by atoms with Crippen molar-refractivity contribution in [2.24, 2.45) is 15.9 Å². The SMILES string of the molecule is C=C(/C=C\CC)C1(C(=C)CC[C@@H](C)C(C)=NC(=NCC)c2ccc3ccccc3c2)c2ccccc2C2(c3ccccc3-c3ccccc32)c2ccccc21. The van der Waals surface area contributed by atoms with Crippen molar-refractivity contribution >= 4 is 22.3 Å². The number of amidine groups is 1. The van der Waals surface area contributed by atoms with Crippen LogP contribution in [0.25, 0.3) is 21.9 Å². The van der Waals surface area contributed by atoms with Gasteiger partial charge in [-0.25, -0.2) is 4.99 Å². The van der Waals surface area contributed by atoms with Gasteiger partial charge < -0.3 is 0 Å². The highest BCUT2D eigenvalue weighted by molar-refractivity contribution is 6.08. The molecule has 0 aliphatic heterocycles. The Morgan fingerprint density at radius 1 is 0.655 bits per heavy atom. The van der Waals surface area contributed by atoms with Crippen molar-refractivity contribution in [3.63, 3.8) is 0 Å². The highest BCUT2D eigenvalue weighted by Gasteiger charge is 2.56. The van der Waals surface area contributed by atoms with Gasteiger partial charge in [0.1, 0.15) is 0 Å². The van der Waals surface area contributed by atoms with Crippen molar-refractivity contribution in [1.82, 2.24) is 0 Å². The zero-order valence-corrected chi connectivity index (χ0v) is 32.6. The highest BCUT2D eigenvalue weighted by atomic mass is 14.9. The second kappa shape index (κ2) is 14.8. The van der Waals surface area contributed by atoms with Crippen molar-refractivity contribution in [3.05, 3.63) is 215 Å². The minimum atomic E-state index is -0.624. The van der Waals surface area contributed by atoms with Crippen molar-refractivity contribution in [2.75, 3.05) is 6.54 Å². The Kier molecular flexibility index (Phi) is 9.70. The Balaban J connectivity index is 1.23. The summed E-state index contributed by atoms with van der Waals surface area (Å²) in [7, 11) is 0. The normalized spacial score (nSPS) is 15.7. The van der Waals surface area contributed by atoms with Crippen LogP contribution in [0.2, 0.25) is 0 Å². The van der Waals surface area contributed by atoms with Gasteiger partial charge in [-0.1, -0.05) is 178 Å². The Labute approximate surface area is 327 Å². The minimum Gasteiger partial charge on any atom is -0.267 e. The van der Waals surface area contributed by atoms with E-state index in [1.807, 2.05) is 0 Å². The molecule has 6 aromatic rings. The van der Waals surface area contributed by atoms with Gasteiger partial charge in [0.05, 0.1) is 10.8 Å². The minimum absolute atomic E-state index is 0.213. The standard InChI is InChI=1S/C53H50N2/c1-7-9-20-37(4)52(38(5)32-31-36(3)39(6)55-51(54-8-2)42-34-33-40-21-10-11-22-41(40)35-42)47-27-16-18-29-49(47)53(50-30-19-17-28-48(50)52)45-25-14-12-23-43(45)44-24-13-15-26-46(44)53/h9-30,33-36H,4-5,7-8,31-32H2,1-3,6H3/b20-9-,54-51?,55-39?/t36-/m1/s1. The summed E-state index contributed by atoms with van der Waals surface area (Å²) in [5.41, 5.74) is 13.7. The van der Waals surface area contributed by atoms with Crippen molar-refractivity contribution in [1.29, 1.82) is 0 Å². The molecule has 8 rings (SSSR count). The van der Waals surface area contributed by atoms with Gasteiger partial charge in [0.15, 0.2) is 5.84 Å². The highest BCUT2D eigenvalue weighted by Crippen LogP contribution is 2.64. The molecule has 0 amide bonds. The van der Waals surface area contributed by atoms with E-state index in [-0.39, 0.29) is 5.92 Å². The number of rotatable bonds is 10. The third kappa shape index (κ3) is 5.70. The van der Waals surface area contributed by atoms with E-state index in [9.17, 15) is 0 Å². The van der Waals surface area contributed by atoms with Crippen LogP contribution in [0.15, 0.2) is 186 Å². The molecule has 2 heteroatoms. The summed E-state index contributed by atoms with van der Waals surface area (Å²) in [6.45, 7) is 19.3. The number of hydrogen-bond donors (Lipinski definition) is 0. The monoisotopic (exact) mass is 714 g/mol. The van der Waals surface area contributed by atoms with E-state index in [2.05, 4.69) is 179 Å². The van der Waals surface area contributed by atoms with Crippen LogP contribution in [0, 0.1) is 5.92 Å². The average molecular weight is 715 g/mol. The lowest BCUT2D eigenvalue weighted by Crippen LogP contribution is -2.45. The number of allylic oxidation sites excluding steroid dienone is 4. The Bertz CT molecular complexity index is 2450. The fraction of sp³-hybridized carbons (Fsp3) is 0.208. The Hall–Kier alpha value is -5.86. The topological polar surface area (TPSA) is 24.7 Å². The molecule has 2 aliphatic rings. The van der Waals surface area contributed by atoms with Crippen LogP contribution in [-0.4, -0.2) is 18.1 Å². The number of hydrogen-bond acceptors (Lipinski definition) is 1. The van der Waals surface area contributed by atoms with E-state index in [0.717, 1.165) is 47.5 Å². The number of benzene rings is 6. The molecule has 0 bridgehead atoms. The van der Waals surface area contributed by atoms with Crippen molar-refractivity contribution in [3.8, 4) is 11.1 Å². The van der Waals surface area contributed by atoms with Crippen LogP contribution in [-0.2, 0) is 10.8 Å². The summed E-state index contributed by atoms with van der Waals surface area (Å²) >= 11 is 0. The first-order valence-corrected chi connectivity index (χ1v) is 19.9. The maximum absolute atomic E-state index is 5.20. The summed E-state index contributed by atoms with van der Waals surface area (Å²) in [6, 6.07) is 51.2. The fourth-order valence-electron chi connectivity index (χ4n) is 9.45. The van der Waals surface area contributed by atoms with Gasteiger partial charge in [0.2, 0.25) is 0 Å². The van der Waals surface area contributed by atoms with E-state index in [0.29, 0.717) is 6.54 Å². The molecule has 0 fully saturated rings. The van der Waals surface area contributed by atoms with E-state index in [1.165, 1.54) is 55.3 Å². The second-order valence-corrected chi connectivity index (χ2v) is 15.2. The van der Waals surface area contributed by atoms with Gasteiger partial charge in [-0.3, -0.25) is 4.99 Å². The molecule has 0 radical (unpaired) electrons. The molecule has 55 heavy (non-hydrogen) atoms. The number of nitrogens with zero attached hydrogens (tertiary/aromatic N) is 2.